The molecule has 1 saturated heterocycles. The fourth-order valence-electron chi connectivity index (χ4n) is 3.34. The normalized spacial score (nSPS) is 14.5. The van der Waals surface area contributed by atoms with Crippen LogP contribution in [0.15, 0.2) is 36.7 Å². The number of nitrogens with one attached hydrogen (secondary N) is 4. The molecule has 1 aromatic heterocycles. The number of aromatic nitrogens is 2. The number of piperidine rings is 1. The van der Waals surface area contributed by atoms with E-state index in [-0.39, 0.29) is 18.8 Å². The summed E-state index contributed by atoms with van der Waals surface area (Å²) >= 11 is 0. The number of rotatable bonds is 8. The predicted molar refractivity (Wildman–Crippen MR) is 122 cm³/mol. The molecule has 172 valence electrons. The summed E-state index contributed by atoms with van der Waals surface area (Å²) in [6.07, 6.45) is 6.23. The van der Waals surface area contributed by atoms with Gasteiger partial charge in [-0.2, -0.15) is 0 Å². The summed E-state index contributed by atoms with van der Waals surface area (Å²) in [5.41, 5.74) is 7.63. The fraction of sp³-hybridized carbons (Fsp3) is 0.400. The first kappa shape index (κ1) is 23.4. The van der Waals surface area contributed by atoms with Gasteiger partial charge in [0, 0.05) is 44.1 Å². The molecule has 1 aromatic carbocycles. The van der Waals surface area contributed by atoms with E-state index >= 15 is 0 Å². The number of benzene rings is 1. The first-order valence-corrected chi connectivity index (χ1v) is 12.0. The Balaban J connectivity index is 1.53. The molecule has 1 aliphatic rings. The van der Waals surface area contributed by atoms with Gasteiger partial charge in [-0.3, -0.25) is 10.7 Å². The minimum Gasteiger partial charge on any atom is -0.370 e. The second-order valence-corrected chi connectivity index (χ2v) is 9.51. The monoisotopic (exact) mass is 460 g/mol. The Bertz CT molecular complexity index is 1040. The lowest BCUT2D eigenvalue weighted by Crippen LogP contribution is -2.42. The van der Waals surface area contributed by atoms with Crippen LogP contribution < -0.4 is 21.7 Å². The maximum absolute atomic E-state index is 12.4. The topological polar surface area (TPSA) is 166 Å². The number of guanidine groups is 1. The highest BCUT2D eigenvalue weighted by Gasteiger charge is 2.23. The number of carbonyl (C=O) groups is 1. The van der Waals surface area contributed by atoms with Crippen LogP contribution in [0.3, 0.4) is 0 Å². The molecule has 2 heterocycles. The van der Waals surface area contributed by atoms with Crippen molar-refractivity contribution in [3.63, 3.8) is 0 Å². The largest absolute Gasteiger partial charge is 0.370 e. The quantitative estimate of drug-likeness (QED) is 0.290. The van der Waals surface area contributed by atoms with E-state index in [9.17, 15) is 13.2 Å². The smallest absolute Gasteiger partial charge is 0.321 e. The van der Waals surface area contributed by atoms with E-state index in [0.29, 0.717) is 19.0 Å². The van der Waals surface area contributed by atoms with Crippen molar-refractivity contribution >= 4 is 28.0 Å². The van der Waals surface area contributed by atoms with Gasteiger partial charge in [0.25, 0.3) is 0 Å². The molecular weight excluding hydrogens is 432 g/mol. The molecule has 12 heteroatoms. The number of amides is 2. The third-order valence-corrected chi connectivity index (χ3v) is 6.84. The molecule has 0 atom stereocenters. The predicted octanol–water partition coefficient (Wildman–Crippen LogP) is 1.06. The van der Waals surface area contributed by atoms with Crippen molar-refractivity contribution in [1.82, 2.24) is 24.9 Å². The van der Waals surface area contributed by atoms with E-state index < -0.39 is 22.0 Å². The first-order chi connectivity index (χ1) is 15.3. The number of anilines is 1. The van der Waals surface area contributed by atoms with Crippen molar-refractivity contribution in [2.75, 3.05) is 30.7 Å². The zero-order valence-electron chi connectivity index (χ0n) is 17.7. The lowest BCUT2D eigenvalue weighted by molar-refractivity contribution is 0.245. The Kier molecular flexibility index (Phi) is 7.95. The average molecular weight is 461 g/mol. The molecule has 0 radical (unpaired) electrons. The van der Waals surface area contributed by atoms with Crippen LogP contribution in [0.5, 0.6) is 0 Å². The number of hydrogen-bond acceptors (Lipinski definition) is 7. The Labute approximate surface area is 187 Å². The van der Waals surface area contributed by atoms with Crippen LogP contribution in [0, 0.1) is 5.41 Å². The van der Waals surface area contributed by atoms with Crippen molar-refractivity contribution < 1.29 is 13.2 Å². The van der Waals surface area contributed by atoms with E-state index in [1.54, 1.807) is 16.7 Å². The third kappa shape index (κ3) is 6.89. The molecule has 0 saturated carbocycles. The molecule has 2 amide bonds. The Morgan fingerprint density at radius 1 is 1.12 bits per heavy atom. The van der Waals surface area contributed by atoms with Gasteiger partial charge in [0.05, 0.1) is 5.75 Å². The Hall–Kier alpha value is -3.25. The molecule has 32 heavy (non-hydrogen) atoms. The number of carbonyl (C=O) groups excluding carboxylic acids is 1. The summed E-state index contributed by atoms with van der Waals surface area (Å²) in [5.74, 6) is -0.0582. The summed E-state index contributed by atoms with van der Waals surface area (Å²) in [6, 6.07) is 6.95. The maximum Gasteiger partial charge on any atom is 0.321 e. The van der Waals surface area contributed by atoms with Crippen molar-refractivity contribution in [2.45, 2.75) is 25.8 Å². The first-order valence-electron chi connectivity index (χ1n) is 10.4. The molecule has 3 rings (SSSR count). The van der Waals surface area contributed by atoms with Crippen LogP contribution >= 0.6 is 0 Å². The molecule has 0 bridgehead atoms. The van der Waals surface area contributed by atoms with E-state index in [0.717, 1.165) is 36.0 Å². The van der Waals surface area contributed by atoms with Gasteiger partial charge in [-0.05, 0) is 30.0 Å². The standard InChI is InChI=1S/C20H28N8O3S/c21-18(22)27-20(29)26-12-15-5-4-6-16(11-15)17-13-24-19(25-14-17)23-7-10-32(30,31)28-8-2-1-3-9-28/h4-6,11,13-14H,1-3,7-10,12H2,(H,23,24,25)(H5,21,22,26,27,29). The lowest BCUT2D eigenvalue weighted by Gasteiger charge is -2.25. The SMILES string of the molecule is N=C(N)NC(=O)NCc1cccc(-c2cnc(NCCS(=O)(=O)N3CCCCC3)nc2)c1. The average Bonchev–Trinajstić information content (AvgIpc) is 2.78. The minimum atomic E-state index is -3.27. The van der Waals surface area contributed by atoms with Gasteiger partial charge in [0.2, 0.25) is 16.0 Å². The number of hydrogen-bond donors (Lipinski definition) is 5. The lowest BCUT2D eigenvalue weighted by atomic mass is 10.1. The second-order valence-electron chi connectivity index (χ2n) is 7.42. The number of nitrogens with zero attached hydrogens (tertiary/aromatic N) is 3. The zero-order valence-corrected chi connectivity index (χ0v) is 18.5. The molecule has 1 aliphatic heterocycles. The highest BCUT2D eigenvalue weighted by molar-refractivity contribution is 7.89. The maximum atomic E-state index is 12.4. The van der Waals surface area contributed by atoms with Gasteiger partial charge < -0.3 is 16.4 Å². The molecule has 2 aromatic rings. The number of nitrogens with two attached hydrogens (primary N) is 1. The van der Waals surface area contributed by atoms with Gasteiger partial charge >= 0.3 is 6.03 Å². The molecule has 6 N–H and O–H groups in total. The van der Waals surface area contributed by atoms with Gasteiger partial charge in [0.1, 0.15) is 0 Å². The Morgan fingerprint density at radius 2 is 1.84 bits per heavy atom. The zero-order chi connectivity index (χ0) is 23.0. The van der Waals surface area contributed by atoms with Crippen LogP contribution in [0.25, 0.3) is 11.1 Å². The molecule has 11 nitrogen and oxygen atoms in total. The van der Waals surface area contributed by atoms with Crippen molar-refractivity contribution in [3.05, 3.63) is 42.2 Å². The fourth-order valence-corrected chi connectivity index (χ4v) is 4.77. The van der Waals surface area contributed by atoms with Gasteiger partial charge in [0.15, 0.2) is 5.96 Å². The minimum absolute atomic E-state index is 0.00433. The highest BCUT2D eigenvalue weighted by Crippen LogP contribution is 2.19. The highest BCUT2D eigenvalue weighted by atomic mass is 32.2. The number of urea groups is 1. The van der Waals surface area contributed by atoms with Crippen LogP contribution in [-0.4, -0.2) is 60.1 Å². The van der Waals surface area contributed by atoms with E-state index in [4.69, 9.17) is 11.1 Å². The second kappa shape index (κ2) is 10.9. The van der Waals surface area contributed by atoms with Crippen molar-refractivity contribution in [3.8, 4) is 11.1 Å². The van der Waals surface area contributed by atoms with Crippen molar-refractivity contribution in [1.29, 1.82) is 5.41 Å². The molecule has 0 unspecified atom stereocenters. The van der Waals surface area contributed by atoms with E-state index in [2.05, 4.69) is 25.9 Å². The summed E-state index contributed by atoms with van der Waals surface area (Å²) in [5, 5.41) is 14.8. The molecule has 0 aliphatic carbocycles. The van der Waals surface area contributed by atoms with Crippen LogP contribution in [0.4, 0.5) is 10.7 Å². The van der Waals surface area contributed by atoms with E-state index in [1.807, 2.05) is 24.3 Å². The van der Waals surface area contributed by atoms with Gasteiger partial charge in [-0.15, -0.1) is 0 Å². The molecule has 1 fully saturated rings. The van der Waals surface area contributed by atoms with Gasteiger partial charge in [-0.25, -0.2) is 27.5 Å². The summed E-state index contributed by atoms with van der Waals surface area (Å²) in [6.45, 7) is 1.70. The van der Waals surface area contributed by atoms with Crippen LogP contribution in [0.2, 0.25) is 0 Å². The van der Waals surface area contributed by atoms with E-state index in [1.165, 1.54) is 0 Å². The summed E-state index contributed by atoms with van der Waals surface area (Å²) in [4.78, 5) is 20.1. The molecule has 0 spiro atoms. The summed E-state index contributed by atoms with van der Waals surface area (Å²) in [7, 11) is -3.27. The van der Waals surface area contributed by atoms with Crippen molar-refractivity contribution in [2.24, 2.45) is 5.73 Å². The van der Waals surface area contributed by atoms with Crippen LogP contribution in [-0.2, 0) is 16.6 Å². The third-order valence-electron chi connectivity index (χ3n) is 4.96. The molecular formula is C20H28N8O3S. The summed E-state index contributed by atoms with van der Waals surface area (Å²) < 4.78 is 26.3. The number of sulfonamides is 1. The Morgan fingerprint density at radius 3 is 2.53 bits per heavy atom. The van der Waals surface area contributed by atoms with Crippen LogP contribution in [0.1, 0.15) is 24.8 Å². The van der Waals surface area contributed by atoms with Gasteiger partial charge in [-0.1, -0.05) is 24.6 Å².